The van der Waals surface area contributed by atoms with E-state index < -0.39 is 5.97 Å². The minimum absolute atomic E-state index is 0.145. The maximum Gasteiger partial charge on any atom is 0.307 e. The van der Waals surface area contributed by atoms with Crippen LogP contribution in [0.15, 0.2) is 28.8 Å². The van der Waals surface area contributed by atoms with Gasteiger partial charge < -0.3 is 14.9 Å². The van der Waals surface area contributed by atoms with E-state index in [1.807, 2.05) is 0 Å². The molecule has 0 saturated carbocycles. The predicted molar refractivity (Wildman–Crippen MR) is 83.5 cm³/mol. The molecule has 2 aromatic rings. The Morgan fingerprint density at radius 1 is 1.17 bits per heavy atom. The summed E-state index contributed by atoms with van der Waals surface area (Å²) >= 11 is 0. The topological polar surface area (TPSA) is 92.4 Å². The molecule has 1 aromatic carbocycles. The molecule has 23 heavy (non-hydrogen) atoms. The molecule has 1 aliphatic rings. The van der Waals surface area contributed by atoms with Gasteiger partial charge in [-0.3, -0.25) is 9.59 Å². The van der Waals surface area contributed by atoms with Crippen molar-refractivity contribution in [3.05, 3.63) is 46.8 Å². The second kappa shape index (κ2) is 6.64. The minimum atomic E-state index is -0.943. The Hall–Kier alpha value is -2.63. The number of benzene rings is 1. The van der Waals surface area contributed by atoms with E-state index in [-0.39, 0.29) is 12.3 Å². The summed E-state index contributed by atoms with van der Waals surface area (Å²) in [5.74, 6) is -0.497. The summed E-state index contributed by atoms with van der Waals surface area (Å²) in [5.41, 5.74) is 2.25. The maximum absolute atomic E-state index is 12.5. The Labute approximate surface area is 133 Å². The van der Waals surface area contributed by atoms with E-state index >= 15 is 0 Å². The molecule has 6 nitrogen and oxygen atoms in total. The number of nitrogens with one attached hydrogen (secondary N) is 1. The first-order valence-corrected chi connectivity index (χ1v) is 7.73. The Morgan fingerprint density at radius 3 is 2.78 bits per heavy atom. The third kappa shape index (κ3) is 3.41. The highest BCUT2D eigenvalue weighted by Gasteiger charge is 2.23. The van der Waals surface area contributed by atoms with Crippen molar-refractivity contribution in [2.75, 3.05) is 5.32 Å². The number of hydrogen-bond donors (Lipinski definition) is 2. The van der Waals surface area contributed by atoms with Gasteiger partial charge in [0.15, 0.2) is 5.69 Å². The molecular weight excluding hydrogens is 296 g/mol. The van der Waals surface area contributed by atoms with E-state index in [4.69, 9.17) is 9.63 Å². The van der Waals surface area contributed by atoms with Crippen LogP contribution in [-0.2, 0) is 24.1 Å². The summed E-state index contributed by atoms with van der Waals surface area (Å²) in [6.45, 7) is 0. The molecule has 0 atom stereocenters. The summed E-state index contributed by atoms with van der Waals surface area (Å²) in [4.78, 5) is 23.4. The van der Waals surface area contributed by atoms with Crippen LogP contribution in [0, 0.1) is 0 Å². The fraction of sp³-hybridized carbons (Fsp3) is 0.353. The lowest BCUT2D eigenvalue weighted by atomic mass is 10.1. The second-order valence-corrected chi connectivity index (χ2v) is 5.68. The maximum atomic E-state index is 12.5. The Morgan fingerprint density at radius 2 is 1.96 bits per heavy atom. The van der Waals surface area contributed by atoms with Gasteiger partial charge in [0.2, 0.25) is 0 Å². The lowest BCUT2D eigenvalue weighted by molar-refractivity contribution is -0.136. The number of fused-ring (bicyclic) bond motifs is 1. The molecule has 6 heteroatoms. The van der Waals surface area contributed by atoms with Crippen molar-refractivity contribution >= 4 is 17.6 Å². The van der Waals surface area contributed by atoms with Crippen LogP contribution in [0.1, 0.15) is 46.6 Å². The number of carboxylic acid groups (broad SMARTS) is 1. The lowest BCUT2D eigenvalue weighted by Gasteiger charge is -2.09. The average molecular weight is 314 g/mol. The zero-order valence-electron chi connectivity index (χ0n) is 12.7. The first-order valence-electron chi connectivity index (χ1n) is 7.73. The molecule has 1 aromatic heterocycles. The Kier molecular flexibility index (Phi) is 4.41. The lowest BCUT2D eigenvalue weighted by Crippen LogP contribution is -2.16. The number of aryl methyl sites for hydroxylation is 1. The van der Waals surface area contributed by atoms with Crippen molar-refractivity contribution < 1.29 is 19.2 Å². The summed E-state index contributed by atoms with van der Waals surface area (Å²) in [5, 5.41) is 15.6. The van der Waals surface area contributed by atoms with Gasteiger partial charge in [-0.2, -0.15) is 0 Å². The van der Waals surface area contributed by atoms with Gasteiger partial charge in [0.05, 0.1) is 6.42 Å². The quantitative estimate of drug-likeness (QED) is 0.847. The molecule has 0 bridgehead atoms. The molecule has 1 aliphatic carbocycles. The second-order valence-electron chi connectivity index (χ2n) is 5.68. The molecule has 1 heterocycles. The first-order chi connectivity index (χ1) is 11.1. The van der Waals surface area contributed by atoms with E-state index in [0.29, 0.717) is 16.9 Å². The van der Waals surface area contributed by atoms with Gasteiger partial charge in [-0.1, -0.05) is 29.8 Å². The van der Waals surface area contributed by atoms with Gasteiger partial charge in [0.1, 0.15) is 5.76 Å². The molecular formula is C17H18N2O4. The summed E-state index contributed by atoms with van der Waals surface area (Å²) in [6.07, 6.45) is 4.64. The Bertz CT molecular complexity index is 736. The normalized spacial score (nSPS) is 13.9. The number of hydrogen-bond acceptors (Lipinski definition) is 4. The van der Waals surface area contributed by atoms with Crippen LogP contribution in [-0.4, -0.2) is 22.1 Å². The van der Waals surface area contributed by atoms with Crippen LogP contribution >= 0.6 is 0 Å². The van der Waals surface area contributed by atoms with Crippen molar-refractivity contribution in [3.63, 3.8) is 0 Å². The largest absolute Gasteiger partial charge is 0.481 e. The van der Waals surface area contributed by atoms with Crippen molar-refractivity contribution in [1.29, 1.82) is 0 Å². The third-order valence-corrected chi connectivity index (χ3v) is 4.02. The molecule has 120 valence electrons. The van der Waals surface area contributed by atoms with Gasteiger partial charge in [-0.05, 0) is 30.9 Å². The van der Waals surface area contributed by atoms with Crippen molar-refractivity contribution in [2.24, 2.45) is 0 Å². The van der Waals surface area contributed by atoms with E-state index in [9.17, 15) is 9.59 Å². The van der Waals surface area contributed by atoms with Crippen LogP contribution in [0.4, 0.5) is 5.69 Å². The zero-order valence-corrected chi connectivity index (χ0v) is 12.7. The molecule has 0 radical (unpaired) electrons. The van der Waals surface area contributed by atoms with E-state index in [1.54, 1.807) is 24.3 Å². The number of carbonyl (C=O) groups excluding carboxylic acids is 1. The van der Waals surface area contributed by atoms with Crippen LogP contribution < -0.4 is 5.32 Å². The molecule has 0 unspecified atom stereocenters. The van der Waals surface area contributed by atoms with Gasteiger partial charge in [0, 0.05) is 17.7 Å². The standard InChI is InChI=1S/C17H18N2O4/c20-15(21)10-11-6-4-5-8-13(11)18-17(22)16-12-7-2-1-3-9-14(12)23-19-16/h4-6,8H,1-3,7,9-10H2,(H,18,22)(H,20,21). The number of aliphatic carboxylic acids is 1. The molecule has 1 amide bonds. The van der Waals surface area contributed by atoms with Gasteiger partial charge in [0.25, 0.3) is 5.91 Å². The number of rotatable bonds is 4. The monoisotopic (exact) mass is 314 g/mol. The predicted octanol–water partition coefficient (Wildman–Crippen LogP) is 2.82. The van der Waals surface area contributed by atoms with Gasteiger partial charge in [-0.15, -0.1) is 0 Å². The first kappa shape index (κ1) is 15.3. The van der Waals surface area contributed by atoms with Crippen molar-refractivity contribution in [1.82, 2.24) is 5.16 Å². The fourth-order valence-corrected chi connectivity index (χ4v) is 2.88. The molecule has 0 fully saturated rings. The molecule has 3 rings (SSSR count). The number of amides is 1. The molecule has 2 N–H and O–H groups in total. The zero-order chi connectivity index (χ0) is 16.2. The fourth-order valence-electron chi connectivity index (χ4n) is 2.88. The van der Waals surface area contributed by atoms with Crippen LogP contribution in [0.3, 0.4) is 0 Å². The van der Waals surface area contributed by atoms with Crippen LogP contribution in [0.5, 0.6) is 0 Å². The van der Waals surface area contributed by atoms with Gasteiger partial charge in [-0.25, -0.2) is 0 Å². The molecule has 0 aliphatic heterocycles. The van der Waals surface area contributed by atoms with E-state index in [0.717, 1.165) is 43.4 Å². The Balaban J connectivity index is 1.83. The number of aromatic nitrogens is 1. The van der Waals surface area contributed by atoms with Crippen LogP contribution in [0.25, 0.3) is 0 Å². The number of para-hydroxylation sites is 1. The van der Waals surface area contributed by atoms with E-state index in [2.05, 4.69) is 10.5 Å². The van der Waals surface area contributed by atoms with Crippen molar-refractivity contribution in [3.8, 4) is 0 Å². The molecule has 0 spiro atoms. The summed E-state index contributed by atoms with van der Waals surface area (Å²) < 4.78 is 5.32. The van der Waals surface area contributed by atoms with Crippen LogP contribution in [0.2, 0.25) is 0 Å². The van der Waals surface area contributed by atoms with Crippen molar-refractivity contribution in [2.45, 2.75) is 38.5 Å². The number of carboxylic acids is 1. The number of carbonyl (C=O) groups is 2. The average Bonchev–Trinajstić information content (AvgIpc) is 2.78. The highest BCUT2D eigenvalue weighted by molar-refractivity contribution is 6.04. The highest BCUT2D eigenvalue weighted by Crippen LogP contribution is 2.25. The molecule has 0 saturated heterocycles. The number of anilines is 1. The highest BCUT2D eigenvalue weighted by atomic mass is 16.5. The SMILES string of the molecule is O=C(O)Cc1ccccc1NC(=O)c1noc2c1CCCCC2. The smallest absolute Gasteiger partial charge is 0.307 e. The van der Waals surface area contributed by atoms with E-state index in [1.165, 1.54) is 0 Å². The number of nitrogens with zero attached hydrogens (tertiary/aromatic N) is 1. The summed E-state index contributed by atoms with van der Waals surface area (Å²) in [6, 6.07) is 6.88. The summed E-state index contributed by atoms with van der Waals surface area (Å²) in [7, 11) is 0. The minimum Gasteiger partial charge on any atom is -0.481 e. The third-order valence-electron chi connectivity index (χ3n) is 4.02. The van der Waals surface area contributed by atoms with Gasteiger partial charge >= 0.3 is 5.97 Å².